The molecule has 3 aromatic rings. The molecule has 7 heteroatoms. The van der Waals surface area contributed by atoms with E-state index >= 15 is 0 Å². The molecular formula is C17H19N5OS. The zero-order chi connectivity index (χ0) is 16.5. The molecule has 1 saturated heterocycles. The molecule has 4 rings (SSSR count). The number of pyridine rings is 1. The van der Waals surface area contributed by atoms with Gasteiger partial charge in [-0.25, -0.2) is 4.79 Å². The van der Waals surface area contributed by atoms with Crippen molar-refractivity contribution >= 4 is 23.0 Å². The Kier molecular flexibility index (Phi) is 3.93. The standard InChI is InChI=1S/C17H19N5OS/c1-12(16-20-19-15-8-2-3-9-22(15)16)18-17(23)21-10-4-6-13(21)14-7-5-11-24-14/h2-3,5,7-9,11-13H,4,6,10H2,1H3,(H,18,23)/t12-,13+/m1/s1. The number of hydrogen-bond acceptors (Lipinski definition) is 4. The van der Waals surface area contributed by atoms with Crippen molar-refractivity contribution < 1.29 is 4.79 Å². The predicted octanol–water partition coefficient (Wildman–Crippen LogP) is 3.40. The lowest BCUT2D eigenvalue weighted by Gasteiger charge is -2.25. The molecule has 0 bridgehead atoms. The highest BCUT2D eigenvalue weighted by atomic mass is 32.1. The number of urea groups is 1. The third-order valence-corrected chi connectivity index (χ3v) is 5.43. The van der Waals surface area contributed by atoms with Crippen LogP contribution in [0.25, 0.3) is 5.65 Å². The third kappa shape index (κ3) is 2.65. The largest absolute Gasteiger partial charge is 0.328 e. The van der Waals surface area contributed by atoms with Gasteiger partial charge >= 0.3 is 6.03 Å². The van der Waals surface area contributed by atoms with Gasteiger partial charge in [-0.2, -0.15) is 0 Å². The van der Waals surface area contributed by atoms with E-state index in [1.54, 1.807) is 11.3 Å². The molecule has 24 heavy (non-hydrogen) atoms. The van der Waals surface area contributed by atoms with Gasteiger partial charge in [0.1, 0.15) is 0 Å². The number of hydrogen-bond donors (Lipinski definition) is 1. The van der Waals surface area contributed by atoms with Crippen LogP contribution >= 0.6 is 11.3 Å². The van der Waals surface area contributed by atoms with Crippen LogP contribution in [0.15, 0.2) is 41.9 Å². The molecule has 0 radical (unpaired) electrons. The summed E-state index contributed by atoms with van der Waals surface area (Å²) in [5, 5.41) is 13.5. The number of fused-ring (bicyclic) bond motifs is 1. The fourth-order valence-corrected chi connectivity index (χ4v) is 4.15. The van der Waals surface area contributed by atoms with E-state index < -0.39 is 0 Å². The summed E-state index contributed by atoms with van der Waals surface area (Å²) < 4.78 is 1.91. The maximum absolute atomic E-state index is 12.8. The van der Waals surface area contributed by atoms with E-state index in [1.165, 1.54) is 4.88 Å². The van der Waals surface area contributed by atoms with Crippen LogP contribution in [-0.2, 0) is 0 Å². The predicted molar refractivity (Wildman–Crippen MR) is 92.9 cm³/mol. The molecule has 124 valence electrons. The van der Waals surface area contributed by atoms with Gasteiger partial charge in [0.25, 0.3) is 0 Å². The average Bonchev–Trinajstić information content (AvgIpc) is 3.33. The summed E-state index contributed by atoms with van der Waals surface area (Å²) in [7, 11) is 0. The number of thiophene rings is 1. The fraction of sp³-hybridized carbons (Fsp3) is 0.353. The first kappa shape index (κ1) is 15.1. The fourth-order valence-electron chi connectivity index (χ4n) is 3.27. The Morgan fingerprint density at radius 2 is 2.25 bits per heavy atom. The van der Waals surface area contributed by atoms with Gasteiger partial charge < -0.3 is 10.2 Å². The highest BCUT2D eigenvalue weighted by Crippen LogP contribution is 2.34. The summed E-state index contributed by atoms with van der Waals surface area (Å²) in [6.07, 6.45) is 3.98. The van der Waals surface area contributed by atoms with E-state index in [0.717, 1.165) is 30.9 Å². The molecule has 0 aromatic carbocycles. The van der Waals surface area contributed by atoms with E-state index in [4.69, 9.17) is 0 Å². The molecule has 2 amide bonds. The van der Waals surface area contributed by atoms with Gasteiger partial charge in [0.2, 0.25) is 0 Å². The summed E-state index contributed by atoms with van der Waals surface area (Å²) in [4.78, 5) is 15.9. The van der Waals surface area contributed by atoms with E-state index in [0.29, 0.717) is 0 Å². The van der Waals surface area contributed by atoms with Gasteiger partial charge in [0.05, 0.1) is 12.1 Å². The van der Waals surface area contributed by atoms with Crippen LogP contribution in [-0.4, -0.2) is 32.1 Å². The number of rotatable bonds is 3. The molecule has 1 fully saturated rings. The minimum absolute atomic E-state index is 0.0360. The molecule has 2 atom stereocenters. The number of carbonyl (C=O) groups excluding carboxylic acids is 1. The van der Waals surface area contributed by atoms with E-state index in [-0.39, 0.29) is 18.1 Å². The van der Waals surface area contributed by atoms with Crippen molar-refractivity contribution in [3.63, 3.8) is 0 Å². The maximum Gasteiger partial charge on any atom is 0.318 e. The van der Waals surface area contributed by atoms with Gasteiger partial charge in [-0.15, -0.1) is 21.5 Å². The number of nitrogens with zero attached hydrogens (tertiary/aromatic N) is 4. The molecule has 3 aromatic heterocycles. The number of aromatic nitrogens is 3. The second-order valence-electron chi connectivity index (χ2n) is 6.03. The summed E-state index contributed by atoms with van der Waals surface area (Å²) in [6.45, 7) is 2.74. The smallest absolute Gasteiger partial charge is 0.318 e. The van der Waals surface area contributed by atoms with Crippen molar-refractivity contribution in [3.8, 4) is 0 Å². The molecule has 4 heterocycles. The van der Waals surface area contributed by atoms with Crippen LogP contribution in [0, 0.1) is 0 Å². The number of likely N-dealkylation sites (tertiary alicyclic amines) is 1. The Balaban J connectivity index is 1.51. The molecule has 0 spiro atoms. The lowest BCUT2D eigenvalue weighted by molar-refractivity contribution is 0.190. The lowest BCUT2D eigenvalue weighted by Crippen LogP contribution is -2.40. The van der Waals surface area contributed by atoms with E-state index in [2.05, 4.69) is 27.0 Å². The second kappa shape index (κ2) is 6.24. The highest BCUT2D eigenvalue weighted by Gasteiger charge is 2.31. The van der Waals surface area contributed by atoms with Gasteiger partial charge in [-0.3, -0.25) is 4.40 Å². The minimum atomic E-state index is -0.209. The molecular weight excluding hydrogens is 322 g/mol. The van der Waals surface area contributed by atoms with Gasteiger partial charge in [-0.05, 0) is 43.3 Å². The van der Waals surface area contributed by atoms with Crippen molar-refractivity contribution in [2.24, 2.45) is 0 Å². The van der Waals surface area contributed by atoms with Crippen LogP contribution in [0.5, 0.6) is 0 Å². The summed E-state index contributed by atoms with van der Waals surface area (Å²) in [5.41, 5.74) is 0.784. The normalized spacial score (nSPS) is 18.9. The maximum atomic E-state index is 12.8. The number of nitrogens with one attached hydrogen (secondary N) is 1. The van der Waals surface area contributed by atoms with Crippen molar-refractivity contribution in [3.05, 3.63) is 52.6 Å². The molecule has 0 saturated carbocycles. The minimum Gasteiger partial charge on any atom is -0.328 e. The first-order chi connectivity index (χ1) is 11.7. The van der Waals surface area contributed by atoms with Crippen LogP contribution in [0.2, 0.25) is 0 Å². The zero-order valence-corrected chi connectivity index (χ0v) is 14.2. The van der Waals surface area contributed by atoms with Crippen LogP contribution in [0.3, 0.4) is 0 Å². The van der Waals surface area contributed by atoms with Crippen molar-refractivity contribution in [2.75, 3.05) is 6.54 Å². The Labute approximate surface area is 144 Å². The monoisotopic (exact) mass is 341 g/mol. The quantitative estimate of drug-likeness (QED) is 0.794. The average molecular weight is 341 g/mol. The Bertz CT molecular complexity index is 844. The van der Waals surface area contributed by atoms with Crippen LogP contribution in [0.4, 0.5) is 4.79 Å². The lowest BCUT2D eigenvalue weighted by atomic mass is 10.2. The first-order valence-corrected chi connectivity index (χ1v) is 9.02. The summed E-state index contributed by atoms with van der Waals surface area (Å²) >= 11 is 1.71. The van der Waals surface area contributed by atoms with Crippen molar-refractivity contribution in [1.29, 1.82) is 0 Å². The van der Waals surface area contributed by atoms with Crippen LogP contribution in [0.1, 0.15) is 42.6 Å². The van der Waals surface area contributed by atoms with Crippen LogP contribution < -0.4 is 5.32 Å². The molecule has 1 aliphatic rings. The highest BCUT2D eigenvalue weighted by molar-refractivity contribution is 7.10. The van der Waals surface area contributed by atoms with Gasteiger partial charge in [0, 0.05) is 17.6 Å². The first-order valence-electron chi connectivity index (χ1n) is 8.14. The molecule has 0 aliphatic carbocycles. The Morgan fingerprint density at radius 3 is 3.08 bits per heavy atom. The molecule has 1 N–H and O–H groups in total. The van der Waals surface area contributed by atoms with Crippen molar-refractivity contribution in [2.45, 2.75) is 31.8 Å². The Hall–Kier alpha value is -2.41. The van der Waals surface area contributed by atoms with E-state index in [9.17, 15) is 4.79 Å². The molecule has 6 nitrogen and oxygen atoms in total. The second-order valence-corrected chi connectivity index (χ2v) is 7.00. The zero-order valence-electron chi connectivity index (χ0n) is 13.4. The number of amides is 2. The van der Waals surface area contributed by atoms with Crippen molar-refractivity contribution in [1.82, 2.24) is 24.8 Å². The molecule has 0 unspecified atom stereocenters. The SMILES string of the molecule is C[C@@H](NC(=O)N1CCC[C@H]1c1cccs1)c1nnc2ccccn12. The number of carbonyl (C=O) groups is 1. The Morgan fingerprint density at radius 1 is 1.33 bits per heavy atom. The molecule has 1 aliphatic heterocycles. The van der Waals surface area contributed by atoms with Gasteiger partial charge in [-0.1, -0.05) is 12.1 Å². The van der Waals surface area contributed by atoms with E-state index in [1.807, 2.05) is 46.7 Å². The topological polar surface area (TPSA) is 62.5 Å². The summed E-state index contributed by atoms with van der Waals surface area (Å²) in [6, 6.07) is 9.85. The van der Waals surface area contributed by atoms with Gasteiger partial charge in [0.15, 0.2) is 11.5 Å². The summed E-state index contributed by atoms with van der Waals surface area (Å²) in [5.74, 6) is 0.742. The third-order valence-electron chi connectivity index (χ3n) is 4.45.